The fourth-order valence-corrected chi connectivity index (χ4v) is 4.77. The van der Waals surface area contributed by atoms with E-state index >= 15 is 0 Å². The largest absolute Gasteiger partial charge is 0.372 e. The summed E-state index contributed by atoms with van der Waals surface area (Å²) in [5.41, 5.74) is 2.42. The van der Waals surface area contributed by atoms with Gasteiger partial charge in [-0.15, -0.1) is 0 Å². The third-order valence-corrected chi connectivity index (χ3v) is 6.56. The van der Waals surface area contributed by atoms with Crippen molar-refractivity contribution in [3.63, 3.8) is 0 Å². The zero-order valence-corrected chi connectivity index (χ0v) is 18.8. The maximum Gasteiger partial charge on any atom is 0.232 e. The minimum Gasteiger partial charge on any atom is -0.372 e. The molecule has 0 atom stereocenters. The standard InChI is InChI=1S/C22H28ClN3O3S/c1-30(28,29)26(21-8-5-7-18(23)17-21)16-6-9-22(27)24-19-10-12-20(13-11-19)25-14-3-2-4-15-25/h5,7-8,10-13,17H,2-4,6,9,14-16H2,1H3,(H,24,27). The average Bonchev–Trinajstić information content (AvgIpc) is 2.71. The molecule has 1 fully saturated rings. The summed E-state index contributed by atoms with van der Waals surface area (Å²) < 4.78 is 25.6. The van der Waals surface area contributed by atoms with E-state index in [1.165, 1.54) is 29.3 Å². The molecule has 1 heterocycles. The van der Waals surface area contributed by atoms with Crippen LogP contribution >= 0.6 is 11.6 Å². The van der Waals surface area contributed by atoms with Gasteiger partial charge in [0.05, 0.1) is 11.9 Å². The first-order valence-corrected chi connectivity index (χ1v) is 12.4. The van der Waals surface area contributed by atoms with Crippen molar-refractivity contribution in [3.05, 3.63) is 53.6 Å². The first kappa shape index (κ1) is 22.4. The summed E-state index contributed by atoms with van der Waals surface area (Å²) in [6.45, 7) is 2.37. The van der Waals surface area contributed by atoms with E-state index in [4.69, 9.17) is 11.6 Å². The van der Waals surface area contributed by atoms with Crippen LogP contribution in [0, 0.1) is 0 Å². The number of carbonyl (C=O) groups is 1. The van der Waals surface area contributed by atoms with Crippen LogP contribution in [0.15, 0.2) is 48.5 Å². The summed E-state index contributed by atoms with van der Waals surface area (Å²) in [6, 6.07) is 14.6. The molecule has 0 unspecified atom stereocenters. The highest BCUT2D eigenvalue weighted by atomic mass is 35.5. The van der Waals surface area contributed by atoms with Crippen molar-refractivity contribution in [1.82, 2.24) is 0 Å². The monoisotopic (exact) mass is 449 g/mol. The number of anilines is 3. The van der Waals surface area contributed by atoms with E-state index in [0.29, 0.717) is 17.1 Å². The quantitative estimate of drug-likeness (QED) is 0.643. The summed E-state index contributed by atoms with van der Waals surface area (Å²) in [5.74, 6) is -0.139. The minimum absolute atomic E-state index is 0.139. The zero-order valence-electron chi connectivity index (χ0n) is 17.2. The number of carbonyl (C=O) groups excluding carboxylic acids is 1. The van der Waals surface area contributed by atoms with E-state index in [2.05, 4.69) is 10.2 Å². The van der Waals surface area contributed by atoms with Crippen molar-refractivity contribution in [1.29, 1.82) is 0 Å². The third-order valence-electron chi connectivity index (χ3n) is 5.13. The lowest BCUT2D eigenvalue weighted by molar-refractivity contribution is -0.116. The Labute approximate surface area is 183 Å². The summed E-state index contributed by atoms with van der Waals surface area (Å²) in [7, 11) is -3.47. The predicted molar refractivity (Wildman–Crippen MR) is 124 cm³/mol. The number of halogens is 1. The van der Waals surface area contributed by atoms with Crippen LogP contribution in [0.25, 0.3) is 0 Å². The maximum absolute atomic E-state index is 12.3. The summed E-state index contributed by atoms with van der Waals surface area (Å²) in [6.07, 6.45) is 5.50. The fourth-order valence-electron chi connectivity index (χ4n) is 3.63. The maximum atomic E-state index is 12.3. The predicted octanol–water partition coefficient (Wildman–Crippen LogP) is 4.52. The van der Waals surface area contributed by atoms with Crippen LogP contribution in [0.4, 0.5) is 17.1 Å². The molecule has 1 N–H and O–H groups in total. The van der Waals surface area contributed by atoms with E-state index in [0.717, 1.165) is 25.0 Å². The van der Waals surface area contributed by atoms with Crippen LogP contribution in [0.2, 0.25) is 5.02 Å². The van der Waals surface area contributed by atoms with Crippen LogP contribution in [-0.4, -0.2) is 40.2 Å². The van der Waals surface area contributed by atoms with Gasteiger partial charge in [0.25, 0.3) is 0 Å². The SMILES string of the molecule is CS(=O)(=O)N(CCCC(=O)Nc1ccc(N2CCCCC2)cc1)c1cccc(Cl)c1. The molecule has 0 aromatic heterocycles. The Kier molecular flexibility index (Phi) is 7.61. The molecule has 1 amide bonds. The number of nitrogens with zero attached hydrogens (tertiary/aromatic N) is 2. The number of rotatable bonds is 8. The smallest absolute Gasteiger partial charge is 0.232 e. The van der Waals surface area contributed by atoms with Crippen LogP contribution in [0.3, 0.4) is 0 Å². The van der Waals surface area contributed by atoms with Gasteiger partial charge >= 0.3 is 0 Å². The number of hydrogen-bond donors (Lipinski definition) is 1. The molecule has 2 aromatic rings. The second kappa shape index (κ2) is 10.2. The van der Waals surface area contributed by atoms with Gasteiger partial charge in [0.15, 0.2) is 0 Å². The Bertz CT molecular complexity index is 958. The molecule has 0 radical (unpaired) electrons. The van der Waals surface area contributed by atoms with Crippen molar-refractivity contribution in [2.24, 2.45) is 0 Å². The molecule has 1 aliphatic heterocycles. The van der Waals surface area contributed by atoms with Gasteiger partial charge in [0.2, 0.25) is 15.9 Å². The minimum atomic E-state index is -3.47. The fraction of sp³-hybridized carbons (Fsp3) is 0.409. The molecule has 2 aromatic carbocycles. The van der Waals surface area contributed by atoms with Gasteiger partial charge in [-0.05, 0) is 68.1 Å². The highest BCUT2D eigenvalue weighted by molar-refractivity contribution is 7.92. The molecule has 30 heavy (non-hydrogen) atoms. The van der Waals surface area contributed by atoms with Gasteiger partial charge in [-0.1, -0.05) is 17.7 Å². The molecular formula is C22H28ClN3O3S. The van der Waals surface area contributed by atoms with Gasteiger partial charge in [-0.3, -0.25) is 9.10 Å². The molecule has 0 aliphatic carbocycles. The van der Waals surface area contributed by atoms with Crippen LogP contribution in [0.1, 0.15) is 32.1 Å². The number of benzene rings is 2. The van der Waals surface area contributed by atoms with E-state index < -0.39 is 10.0 Å². The van der Waals surface area contributed by atoms with Gasteiger partial charge in [0.1, 0.15) is 0 Å². The Balaban J connectivity index is 1.52. The lowest BCUT2D eigenvalue weighted by atomic mass is 10.1. The molecule has 162 valence electrons. The second-order valence-corrected chi connectivity index (χ2v) is 9.90. The number of amides is 1. The molecule has 0 spiro atoms. The number of piperidine rings is 1. The average molecular weight is 450 g/mol. The number of nitrogens with one attached hydrogen (secondary N) is 1. The Hall–Kier alpha value is -2.25. The third kappa shape index (κ3) is 6.37. The van der Waals surface area contributed by atoms with Crippen LogP contribution in [0.5, 0.6) is 0 Å². The summed E-state index contributed by atoms with van der Waals surface area (Å²) in [4.78, 5) is 14.7. The van der Waals surface area contributed by atoms with Crippen molar-refractivity contribution >= 4 is 44.6 Å². The summed E-state index contributed by atoms with van der Waals surface area (Å²) in [5, 5.41) is 3.35. The van der Waals surface area contributed by atoms with E-state index in [9.17, 15) is 13.2 Å². The van der Waals surface area contributed by atoms with Crippen molar-refractivity contribution in [2.45, 2.75) is 32.1 Å². The highest BCUT2D eigenvalue weighted by Gasteiger charge is 2.18. The first-order chi connectivity index (χ1) is 14.3. The molecule has 8 heteroatoms. The topological polar surface area (TPSA) is 69.7 Å². The van der Waals surface area contributed by atoms with Gasteiger partial charge < -0.3 is 10.2 Å². The molecular weight excluding hydrogens is 422 g/mol. The Morgan fingerprint density at radius 3 is 2.43 bits per heavy atom. The molecule has 1 saturated heterocycles. The molecule has 0 saturated carbocycles. The van der Waals surface area contributed by atoms with Gasteiger partial charge in [-0.2, -0.15) is 0 Å². The van der Waals surface area contributed by atoms with Gasteiger partial charge in [-0.25, -0.2) is 8.42 Å². The summed E-state index contributed by atoms with van der Waals surface area (Å²) >= 11 is 5.99. The van der Waals surface area contributed by atoms with Crippen molar-refractivity contribution < 1.29 is 13.2 Å². The lowest BCUT2D eigenvalue weighted by Gasteiger charge is -2.28. The lowest BCUT2D eigenvalue weighted by Crippen LogP contribution is -2.31. The van der Waals surface area contributed by atoms with Crippen LogP contribution < -0.4 is 14.5 Å². The molecule has 3 rings (SSSR count). The number of sulfonamides is 1. The van der Waals surface area contributed by atoms with E-state index in [-0.39, 0.29) is 18.9 Å². The molecule has 0 bridgehead atoms. The molecule has 6 nitrogen and oxygen atoms in total. The van der Waals surface area contributed by atoms with E-state index in [1.807, 2.05) is 24.3 Å². The Morgan fingerprint density at radius 2 is 1.80 bits per heavy atom. The number of hydrogen-bond acceptors (Lipinski definition) is 4. The first-order valence-electron chi connectivity index (χ1n) is 10.2. The van der Waals surface area contributed by atoms with Crippen LogP contribution in [-0.2, 0) is 14.8 Å². The Morgan fingerprint density at radius 1 is 1.10 bits per heavy atom. The van der Waals surface area contributed by atoms with Crippen molar-refractivity contribution in [2.75, 3.05) is 40.4 Å². The van der Waals surface area contributed by atoms with E-state index in [1.54, 1.807) is 24.3 Å². The normalized spacial score (nSPS) is 14.4. The second-order valence-electron chi connectivity index (χ2n) is 7.56. The van der Waals surface area contributed by atoms with Gasteiger partial charge in [0, 0.05) is 42.5 Å². The van der Waals surface area contributed by atoms with Crippen molar-refractivity contribution in [3.8, 4) is 0 Å². The zero-order chi connectivity index (χ0) is 21.6. The molecule has 1 aliphatic rings. The highest BCUT2D eigenvalue weighted by Crippen LogP contribution is 2.23.